The highest BCUT2D eigenvalue weighted by molar-refractivity contribution is 6.12. The highest BCUT2D eigenvalue weighted by atomic mass is 19.1. The maximum absolute atomic E-state index is 15.4. The third-order valence-electron chi connectivity index (χ3n) is 15.3. The van der Waals surface area contributed by atoms with Crippen LogP contribution in [0.15, 0.2) is 66.9 Å². The van der Waals surface area contributed by atoms with Gasteiger partial charge in [-0.1, -0.05) is 77.8 Å². The van der Waals surface area contributed by atoms with Gasteiger partial charge in [0.05, 0.1) is 17.7 Å². The number of halogens is 2. The minimum atomic E-state index is -1.35. The van der Waals surface area contributed by atoms with Crippen LogP contribution in [-0.2, 0) is 59.2 Å². The largest absolute Gasteiger partial charge is 0.458 e. The Morgan fingerprint density at radius 3 is 2.04 bits per heavy atom. The second-order valence-electron chi connectivity index (χ2n) is 26.7. The molecule has 3 aromatic rings. The van der Waals surface area contributed by atoms with Crippen molar-refractivity contribution in [3.63, 3.8) is 0 Å². The lowest BCUT2D eigenvalue weighted by Gasteiger charge is -2.40. The molecule has 2 aromatic carbocycles. The quantitative estimate of drug-likeness (QED) is 0.0203. The van der Waals surface area contributed by atoms with Gasteiger partial charge in [0.15, 0.2) is 0 Å². The topological polar surface area (TPSA) is 306 Å². The van der Waals surface area contributed by atoms with Gasteiger partial charge in [0.2, 0.25) is 35.4 Å². The number of nitrogens with one attached hydrogen (secondary N) is 6. The number of hydrogen-bond donors (Lipinski definition) is 7. The molecule has 0 bridgehead atoms. The Bertz CT molecular complexity index is 3060. The summed E-state index contributed by atoms with van der Waals surface area (Å²) in [6.45, 7) is 19.9. The van der Waals surface area contributed by atoms with Crippen molar-refractivity contribution in [2.75, 3.05) is 26.2 Å². The maximum atomic E-state index is 15.4. The summed E-state index contributed by atoms with van der Waals surface area (Å²) in [7, 11) is 0. The summed E-state index contributed by atoms with van der Waals surface area (Å²) in [4.78, 5) is 140. The van der Waals surface area contributed by atoms with E-state index in [1.807, 2.05) is 51.1 Å². The zero-order chi connectivity index (χ0) is 67.5. The van der Waals surface area contributed by atoms with E-state index >= 15 is 4.39 Å². The first kappa shape index (κ1) is 73.6. The average Bonchev–Trinajstić information content (AvgIpc) is 1.73. The first-order chi connectivity index (χ1) is 42.7. The van der Waals surface area contributed by atoms with Crippen molar-refractivity contribution in [2.45, 2.75) is 208 Å². The number of aromatic nitrogens is 2. The molecule has 0 radical (unpaired) electrons. The van der Waals surface area contributed by atoms with E-state index in [2.05, 4.69) is 31.9 Å². The van der Waals surface area contributed by atoms with Crippen LogP contribution >= 0.6 is 0 Å². The van der Waals surface area contributed by atoms with Gasteiger partial charge in [-0.2, -0.15) is 0 Å². The van der Waals surface area contributed by atoms with Gasteiger partial charge in [-0.15, -0.1) is 0 Å². The van der Waals surface area contributed by atoms with E-state index in [0.29, 0.717) is 51.4 Å². The summed E-state index contributed by atoms with van der Waals surface area (Å²) in [6.07, 6.45) is 6.66. The normalized spacial score (nSPS) is 16.7. The number of esters is 1. The van der Waals surface area contributed by atoms with Crippen molar-refractivity contribution in [3.8, 4) is 11.3 Å². The summed E-state index contributed by atoms with van der Waals surface area (Å²) in [5.41, 5.74) is -1.93. The SMILES string of the molecule is CC(C)[C@H](NC(=O)CCCCCN1C(=O)C=CC1=O)C(=O)N[C@@H](C)C(=O)N[C@@H](CCCCNC(=O)C1CCC[C@@H]1NC(=O)[C@H](CCN(C(=O)CO)[C@@H](c1nc(-c2cc(F)ccc2F)cn1Cc1ccccc1)C(C)(C)C)NC(=O)OC(C)(C)C)C(=O)OC(C)(C)C. The number of rotatable bonds is 31. The average molecular weight is 1270 g/mol. The number of aliphatic hydroxyl groups is 1. The molecule has 1 saturated carbocycles. The van der Waals surface area contributed by atoms with Crippen LogP contribution in [0.5, 0.6) is 0 Å². The predicted molar refractivity (Wildman–Crippen MR) is 335 cm³/mol. The van der Waals surface area contributed by atoms with Crippen LogP contribution in [0, 0.1) is 28.9 Å². The molecule has 1 unspecified atom stereocenters. The highest BCUT2D eigenvalue weighted by Gasteiger charge is 2.41. The van der Waals surface area contributed by atoms with Gasteiger partial charge in [0.1, 0.15) is 59.4 Å². The van der Waals surface area contributed by atoms with Gasteiger partial charge < -0.3 is 55.9 Å². The number of carbonyl (C=O) groups excluding carboxylic acids is 10. The van der Waals surface area contributed by atoms with Crippen molar-refractivity contribution in [3.05, 3.63) is 89.9 Å². The smallest absolute Gasteiger partial charge is 0.408 e. The van der Waals surface area contributed by atoms with Crippen LogP contribution in [0.25, 0.3) is 11.3 Å². The molecular formula is C66H94F2N10O13. The van der Waals surface area contributed by atoms with Gasteiger partial charge in [-0.3, -0.25) is 43.3 Å². The van der Waals surface area contributed by atoms with E-state index in [4.69, 9.17) is 14.5 Å². The number of imide groups is 1. The lowest BCUT2D eigenvalue weighted by atomic mass is 9.84. The molecule has 5 rings (SSSR count). The molecule has 1 aromatic heterocycles. The lowest BCUT2D eigenvalue weighted by molar-refractivity contribution is -0.159. The molecular weight excluding hydrogens is 1180 g/mol. The van der Waals surface area contributed by atoms with Crippen LogP contribution in [0.3, 0.4) is 0 Å². The third-order valence-corrected chi connectivity index (χ3v) is 15.3. The Balaban J connectivity index is 1.22. The second-order valence-corrected chi connectivity index (χ2v) is 26.7. The number of unbranched alkanes of at least 4 members (excludes halogenated alkanes) is 3. The van der Waals surface area contributed by atoms with E-state index in [1.54, 1.807) is 66.2 Å². The van der Waals surface area contributed by atoms with Gasteiger partial charge in [-0.05, 0) is 135 Å². The van der Waals surface area contributed by atoms with Gasteiger partial charge in [0, 0.05) is 62.6 Å². The van der Waals surface area contributed by atoms with E-state index in [1.165, 1.54) is 24.0 Å². The van der Waals surface area contributed by atoms with E-state index in [-0.39, 0.29) is 92.1 Å². The first-order valence-electron chi connectivity index (χ1n) is 31.4. The lowest BCUT2D eigenvalue weighted by Crippen LogP contribution is -2.56. The molecule has 1 aliphatic heterocycles. The van der Waals surface area contributed by atoms with E-state index in [0.717, 1.165) is 28.7 Å². The highest BCUT2D eigenvalue weighted by Crippen LogP contribution is 2.40. The fourth-order valence-corrected chi connectivity index (χ4v) is 10.8. The van der Waals surface area contributed by atoms with Crippen molar-refractivity contribution in [1.82, 2.24) is 51.3 Å². The number of hydrogen-bond acceptors (Lipinski definition) is 14. The molecule has 91 heavy (non-hydrogen) atoms. The summed E-state index contributed by atoms with van der Waals surface area (Å²) in [5.74, 6) is -7.09. The molecule has 7 atom stereocenters. The third kappa shape index (κ3) is 23.0. The van der Waals surface area contributed by atoms with Gasteiger partial charge >= 0.3 is 12.1 Å². The first-order valence-corrected chi connectivity index (χ1v) is 31.4. The fraction of sp³-hybridized carbons (Fsp3) is 0.591. The monoisotopic (exact) mass is 1270 g/mol. The molecule has 1 fully saturated rings. The van der Waals surface area contributed by atoms with Crippen molar-refractivity contribution >= 4 is 59.3 Å². The van der Waals surface area contributed by atoms with E-state index in [9.17, 15) is 57.4 Å². The van der Waals surface area contributed by atoms with Gasteiger partial charge in [-0.25, -0.2) is 23.4 Å². The molecule has 2 heterocycles. The van der Waals surface area contributed by atoms with Crippen LogP contribution in [0.4, 0.5) is 13.6 Å². The van der Waals surface area contributed by atoms with Crippen molar-refractivity contribution in [1.29, 1.82) is 0 Å². The molecule has 7 N–H and O–H groups in total. The number of nitrogens with zero attached hydrogens (tertiary/aromatic N) is 4. The molecule has 9 amide bonds. The molecule has 500 valence electrons. The Morgan fingerprint density at radius 1 is 0.747 bits per heavy atom. The van der Waals surface area contributed by atoms with Crippen LogP contribution in [-0.4, -0.2) is 151 Å². The number of imidazole rings is 1. The number of aliphatic hydroxyl groups excluding tert-OH is 1. The molecule has 0 saturated heterocycles. The fourth-order valence-electron chi connectivity index (χ4n) is 10.8. The number of benzene rings is 2. The van der Waals surface area contributed by atoms with Crippen molar-refractivity contribution < 1.29 is 71.3 Å². The molecule has 23 nitrogen and oxygen atoms in total. The Hall–Kier alpha value is -8.09. The van der Waals surface area contributed by atoms with Crippen molar-refractivity contribution in [2.24, 2.45) is 17.3 Å². The second kappa shape index (κ2) is 33.3. The Morgan fingerprint density at radius 2 is 1.42 bits per heavy atom. The number of carbonyl (C=O) groups is 10. The Kier molecular flexibility index (Phi) is 26.9. The van der Waals surface area contributed by atoms with Crippen LogP contribution in [0.1, 0.15) is 171 Å². The minimum Gasteiger partial charge on any atom is -0.458 e. The molecule has 0 spiro atoms. The Labute approximate surface area is 532 Å². The minimum absolute atomic E-state index is 0.0905. The standard InChI is InChI=1S/C66H94F2N10O13/c1-40(2)55(75-51(80)27-17-14-20-34-77-52(81)30-31-53(77)82)61(87)70-41(3)58(84)73-49(62(88)90-65(7,8)9)25-18-19-33-69-59(85)44-24-21-26-47(44)72-60(86)48(74-63(89)91-66(10,11)12)32-35-78(54(83)39-79)56(64(4,5)6)57-71-50(45-36-43(67)28-29-46(45)68)38-76(57)37-42-22-15-13-16-23-42/h13,15-16,22-23,28-31,36,38,40-41,44,47-49,55-56,79H,14,17-21,24-27,32-35,37,39H2,1-12H3,(H,69,85)(H,70,87)(H,72,86)(H,73,84)(H,74,89)(H,75,80)/t41-,44?,47-,48-,49-,55-,56-/m0/s1. The van der Waals surface area contributed by atoms with E-state index < -0.39 is 113 Å². The maximum Gasteiger partial charge on any atom is 0.408 e. The summed E-state index contributed by atoms with van der Waals surface area (Å²) in [6, 6.07) is 6.05. The molecule has 25 heteroatoms. The zero-order valence-corrected chi connectivity index (χ0v) is 54.7. The zero-order valence-electron chi connectivity index (χ0n) is 54.7. The van der Waals surface area contributed by atoms with Crippen LogP contribution < -0.4 is 31.9 Å². The van der Waals surface area contributed by atoms with Crippen LogP contribution in [0.2, 0.25) is 0 Å². The predicted octanol–water partition coefficient (Wildman–Crippen LogP) is 6.60. The molecule has 1 aliphatic carbocycles. The molecule has 2 aliphatic rings. The number of alkyl carbamates (subject to hydrolysis) is 1. The summed E-state index contributed by atoms with van der Waals surface area (Å²) < 4.78 is 43.0. The van der Waals surface area contributed by atoms with Gasteiger partial charge in [0.25, 0.3) is 11.8 Å². The number of ether oxygens (including phenoxy) is 2. The summed E-state index contributed by atoms with van der Waals surface area (Å²) in [5, 5.41) is 27.1. The number of amides is 9. The summed E-state index contributed by atoms with van der Waals surface area (Å²) >= 11 is 0.